The number of amides is 1. The van der Waals surface area contributed by atoms with Gasteiger partial charge in [0.1, 0.15) is 12.2 Å². The van der Waals surface area contributed by atoms with Crippen LogP contribution in [0.3, 0.4) is 0 Å². The first-order chi connectivity index (χ1) is 16.4. The molecule has 0 bridgehead atoms. The van der Waals surface area contributed by atoms with Crippen molar-refractivity contribution < 1.29 is 38.1 Å². The van der Waals surface area contributed by atoms with E-state index in [0.717, 1.165) is 18.9 Å². The molecule has 3 unspecified atom stereocenters. The summed E-state index contributed by atoms with van der Waals surface area (Å²) in [6.07, 6.45) is 6.43. The largest absolute Gasteiger partial charge is 0.457 e. The van der Waals surface area contributed by atoms with Gasteiger partial charge in [-0.05, 0) is 51.9 Å². The fourth-order valence-corrected chi connectivity index (χ4v) is 2.88. The van der Waals surface area contributed by atoms with E-state index >= 15 is 0 Å². The number of nitrogens with one attached hydrogen (secondary N) is 1. The van der Waals surface area contributed by atoms with Gasteiger partial charge in [0.05, 0.1) is 26.3 Å². The zero-order chi connectivity index (χ0) is 25.4. The van der Waals surface area contributed by atoms with Gasteiger partial charge in [-0.2, -0.15) is 0 Å². The third kappa shape index (κ3) is 19.8. The maximum Gasteiger partial charge on any atom is 0.407 e. The molecule has 0 fully saturated rings. The monoisotopic (exact) mass is 483 g/mol. The molecule has 0 heterocycles. The Morgan fingerprint density at radius 1 is 0.941 bits per heavy atom. The number of carbonyl (C=O) groups is 2. The first-order valence-electron chi connectivity index (χ1n) is 11.4. The van der Waals surface area contributed by atoms with E-state index in [4.69, 9.17) is 18.9 Å². The summed E-state index contributed by atoms with van der Waals surface area (Å²) in [7, 11) is 0. The van der Waals surface area contributed by atoms with Gasteiger partial charge < -0.3 is 24.3 Å². The third-order valence-electron chi connectivity index (χ3n) is 4.49. The summed E-state index contributed by atoms with van der Waals surface area (Å²) < 4.78 is 21.1. The van der Waals surface area contributed by atoms with E-state index < -0.39 is 18.2 Å². The van der Waals surface area contributed by atoms with E-state index in [0.29, 0.717) is 58.7 Å². The Morgan fingerprint density at radius 3 is 2.18 bits per heavy atom. The lowest BCUT2D eigenvalue weighted by Crippen LogP contribution is -2.31. The summed E-state index contributed by atoms with van der Waals surface area (Å²) in [6.45, 7) is 9.43. The highest BCUT2D eigenvalue weighted by atomic mass is 16.6. The molecule has 0 aliphatic rings. The molecule has 0 spiro atoms. The summed E-state index contributed by atoms with van der Waals surface area (Å²) in [6, 6.07) is 0. The zero-order valence-electron chi connectivity index (χ0n) is 20.2. The highest BCUT2D eigenvalue weighted by molar-refractivity contribution is 5.81. The Morgan fingerprint density at radius 2 is 1.56 bits per heavy atom. The Kier molecular flexibility index (Phi) is 20.1. The highest BCUT2D eigenvalue weighted by Crippen LogP contribution is 2.14. The van der Waals surface area contributed by atoms with Crippen LogP contribution in [-0.2, 0) is 33.3 Å². The number of nitrogens with zero attached hydrogens (tertiary/aromatic N) is 2. The molecule has 11 heteroatoms. The van der Waals surface area contributed by atoms with E-state index in [2.05, 4.69) is 21.9 Å². The van der Waals surface area contributed by atoms with E-state index in [-0.39, 0.29) is 18.6 Å². The lowest BCUT2D eigenvalue weighted by atomic mass is 9.97. The minimum atomic E-state index is -0.523. The first-order valence-corrected chi connectivity index (χ1v) is 11.4. The molecule has 0 aromatic rings. The number of alkyl carbamates (subject to hydrolysis) is 1. The number of ether oxygens (including phenoxy) is 4. The summed E-state index contributed by atoms with van der Waals surface area (Å²) in [5, 5.41) is 2.69. The number of rotatable bonds is 21. The summed E-state index contributed by atoms with van der Waals surface area (Å²) in [5.41, 5.74) is 0. The van der Waals surface area contributed by atoms with Gasteiger partial charge in [0.25, 0.3) is 0 Å². The number of isocyanates is 2. The van der Waals surface area contributed by atoms with Gasteiger partial charge in [-0.15, -0.1) is 0 Å². The SMILES string of the molecule is C=CC(=O)OC(C)COCCCOCC(C)OC(=O)NCCCC(CCCN=C=O)CN=C=O. The molecule has 0 radical (unpaired) electrons. The van der Waals surface area contributed by atoms with Gasteiger partial charge in [0.15, 0.2) is 0 Å². The van der Waals surface area contributed by atoms with Crippen LogP contribution in [0.15, 0.2) is 22.6 Å². The van der Waals surface area contributed by atoms with Crippen LogP contribution < -0.4 is 5.32 Å². The Hall–Kier alpha value is -2.84. The molecule has 1 N–H and O–H groups in total. The highest BCUT2D eigenvalue weighted by Gasteiger charge is 2.11. The standard InChI is InChI=1S/C23H37N3O8/c1-4-22(29)33-19(2)15-31-12-7-13-32-16-20(3)34-23(30)26-11-6-9-21(14-25-18-28)8-5-10-24-17-27/h4,19-21H,1,5-16H2,2-3H3,(H,26,30). The van der Waals surface area contributed by atoms with Crippen molar-refractivity contribution in [2.45, 2.75) is 58.2 Å². The molecule has 3 atom stereocenters. The van der Waals surface area contributed by atoms with Crippen molar-refractivity contribution in [1.29, 1.82) is 0 Å². The number of esters is 1. The second kappa shape index (κ2) is 22.0. The maximum atomic E-state index is 11.9. The van der Waals surface area contributed by atoms with Crippen LogP contribution >= 0.6 is 0 Å². The van der Waals surface area contributed by atoms with Crippen molar-refractivity contribution in [3.8, 4) is 0 Å². The van der Waals surface area contributed by atoms with Crippen LogP contribution in [0, 0.1) is 5.92 Å². The van der Waals surface area contributed by atoms with Crippen LogP contribution in [0.1, 0.15) is 46.0 Å². The predicted molar refractivity (Wildman–Crippen MR) is 124 cm³/mol. The second-order valence-electron chi connectivity index (χ2n) is 7.65. The average molecular weight is 484 g/mol. The van der Waals surface area contributed by atoms with E-state index in [9.17, 15) is 19.2 Å². The summed E-state index contributed by atoms with van der Waals surface area (Å²) in [5.74, 6) is -0.327. The summed E-state index contributed by atoms with van der Waals surface area (Å²) in [4.78, 5) is 50.5. The zero-order valence-corrected chi connectivity index (χ0v) is 20.2. The van der Waals surface area contributed by atoms with E-state index in [1.807, 2.05) is 0 Å². The molecule has 11 nitrogen and oxygen atoms in total. The molecule has 34 heavy (non-hydrogen) atoms. The van der Waals surface area contributed by atoms with Crippen molar-refractivity contribution in [3.63, 3.8) is 0 Å². The van der Waals surface area contributed by atoms with Crippen molar-refractivity contribution in [3.05, 3.63) is 12.7 Å². The van der Waals surface area contributed by atoms with Crippen LogP contribution in [0.25, 0.3) is 0 Å². The Bertz CT molecular complexity index is 675. The van der Waals surface area contributed by atoms with E-state index in [1.165, 1.54) is 12.2 Å². The van der Waals surface area contributed by atoms with Crippen LogP contribution in [0.4, 0.5) is 4.79 Å². The number of aliphatic imine (C=N–C) groups is 2. The molecule has 0 aliphatic heterocycles. The molecular formula is C23H37N3O8. The van der Waals surface area contributed by atoms with Gasteiger partial charge in [-0.3, -0.25) is 0 Å². The first kappa shape index (κ1) is 31.2. The van der Waals surface area contributed by atoms with Gasteiger partial charge in [-0.25, -0.2) is 29.2 Å². The summed E-state index contributed by atoms with van der Waals surface area (Å²) >= 11 is 0. The van der Waals surface area contributed by atoms with Crippen molar-refractivity contribution in [2.75, 3.05) is 46.1 Å². The van der Waals surface area contributed by atoms with Crippen molar-refractivity contribution in [2.24, 2.45) is 15.9 Å². The topological polar surface area (TPSA) is 142 Å². The molecule has 0 aliphatic carbocycles. The molecule has 0 rings (SSSR count). The second-order valence-corrected chi connectivity index (χ2v) is 7.65. The fraction of sp³-hybridized carbons (Fsp3) is 0.739. The van der Waals surface area contributed by atoms with Crippen molar-refractivity contribution in [1.82, 2.24) is 5.32 Å². The Balaban J connectivity index is 3.81. The Labute approximate surface area is 201 Å². The van der Waals surface area contributed by atoms with Crippen LogP contribution in [0.5, 0.6) is 0 Å². The predicted octanol–water partition coefficient (Wildman–Crippen LogP) is 2.49. The lowest BCUT2D eigenvalue weighted by Gasteiger charge is -2.16. The smallest absolute Gasteiger partial charge is 0.407 e. The van der Waals surface area contributed by atoms with Crippen LogP contribution in [0.2, 0.25) is 0 Å². The van der Waals surface area contributed by atoms with Gasteiger partial charge in [0.2, 0.25) is 12.2 Å². The molecule has 0 saturated heterocycles. The molecule has 0 aromatic carbocycles. The van der Waals surface area contributed by atoms with Crippen LogP contribution in [-0.4, -0.2) is 82.5 Å². The fourth-order valence-electron chi connectivity index (χ4n) is 2.88. The average Bonchev–Trinajstić information content (AvgIpc) is 2.81. The third-order valence-corrected chi connectivity index (χ3v) is 4.49. The van der Waals surface area contributed by atoms with Gasteiger partial charge in [-0.1, -0.05) is 6.58 Å². The molecule has 1 amide bonds. The number of hydrogen-bond acceptors (Lipinski definition) is 10. The molecule has 0 saturated carbocycles. The van der Waals surface area contributed by atoms with Gasteiger partial charge >= 0.3 is 12.1 Å². The molecular weight excluding hydrogens is 446 g/mol. The molecule has 0 aromatic heterocycles. The normalized spacial score (nSPS) is 12.9. The minimum absolute atomic E-state index is 0.155. The minimum Gasteiger partial charge on any atom is -0.457 e. The number of carbonyl (C=O) groups excluding carboxylic acids is 4. The maximum absolute atomic E-state index is 11.9. The lowest BCUT2D eigenvalue weighted by molar-refractivity contribution is -0.145. The van der Waals surface area contributed by atoms with Crippen molar-refractivity contribution >= 4 is 24.2 Å². The molecule has 192 valence electrons. The van der Waals surface area contributed by atoms with E-state index in [1.54, 1.807) is 13.8 Å². The van der Waals surface area contributed by atoms with Gasteiger partial charge in [0, 0.05) is 25.8 Å². The quantitative estimate of drug-likeness (QED) is 0.0863. The number of hydrogen-bond donors (Lipinski definition) is 1.